The van der Waals surface area contributed by atoms with Crippen LogP contribution < -0.4 is 25.0 Å². The number of ether oxygens (including phenoxy) is 1. The highest BCUT2D eigenvalue weighted by Crippen LogP contribution is 2.22. The molecule has 4 rings (SSSR count). The molecule has 47 heavy (non-hydrogen) atoms. The van der Waals surface area contributed by atoms with Crippen LogP contribution in [0.15, 0.2) is 83.5 Å². The van der Waals surface area contributed by atoms with E-state index in [2.05, 4.69) is 20.9 Å². The normalized spacial score (nSPS) is 12.6. The summed E-state index contributed by atoms with van der Waals surface area (Å²) in [5, 5.41) is 29.2. The second-order valence-electron chi connectivity index (χ2n) is 10.9. The fourth-order valence-electron chi connectivity index (χ4n) is 4.70. The van der Waals surface area contributed by atoms with E-state index in [0.29, 0.717) is 24.4 Å². The summed E-state index contributed by atoms with van der Waals surface area (Å²) in [7, 11) is -0.846. The number of nitrogens with zero attached hydrogens (tertiary/aromatic N) is 2. The summed E-state index contributed by atoms with van der Waals surface area (Å²) >= 11 is 0. The lowest BCUT2D eigenvalue weighted by Crippen LogP contribution is -2.48. The summed E-state index contributed by atoms with van der Waals surface area (Å²) in [5.41, 5.74) is 2.24. The van der Waals surface area contributed by atoms with Gasteiger partial charge < -0.3 is 35.3 Å². The number of hydrogen-bond donors (Lipinski definition) is 5. The van der Waals surface area contributed by atoms with Crippen LogP contribution in [-0.2, 0) is 36.1 Å². The van der Waals surface area contributed by atoms with Crippen molar-refractivity contribution in [1.82, 2.24) is 20.9 Å². The van der Waals surface area contributed by atoms with Crippen LogP contribution in [0.3, 0.4) is 0 Å². The number of anilines is 1. The van der Waals surface area contributed by atoms with Gasteiger partial charge in [0.25, 0.3) is 11.8 Å². The molecule has 4 aromatic rings. The monoisotopic (exact) mass is 665 g/mol. The smallest absolute Gasteiger partial charge is 0.251 e. The van der Waals surface area contributed by atoms with Crippen molar-refractivity contribution in [3.05, 3.63) is 113 Å². The van der Waals surface area contributed by atoms with Crippen molar-refractivity contribution >= 4 is 27.5 Å². The summed E-state index contributed by atoms with van der Waals surface area (Å²) in [6, 6.07) is 20.2. The van der Waals surface area contributed by atoms with Gasteiger partial charge in [-0.05, 0) is 47.9 Å². The van der Waals surface area contributed by atoms with Crippen LogP contribution in [0.2, 0.25) is 0 Å². The lowest BCUT2D eigenvalue weighted by atomic mass is 10.00. The number of benzene rings is 3. The number of carbonyl (C=O) groups is 2. The number of amides is 2. The molecular weight excluding hydrogens is 626 g/mol. The third-order valence-electron chi connectivity index (χ3n) is 7.36. The molecule has 13 nitrogen and oxygen atoms in total. The maximum absolute atomic E-state index is 13.7. The van der Waals surface area contributed by atoms with Crippen LogP contribution in [0.1, 0.15) is 43.4 Å². The Morgan fingerprint density at radius 2 is 1.68 bits per heavy atom. The van der Waals surface area contributed by atoms with E-state index in [1.54, 1.807) is 7.11 Å². The second kappa shape index (κ2) is 16.2. The zero-order valence-electron chi connectivity index (χ0n) is 26.3. The van der Waals surface area contributed by atoms with Gasteiger partial charge in [0.1, 0.15) is 17.7 Å². The van der Waals surface area contributed by atoms with E-state index in [9.17, 15) is 28.2 Å². The number of aliphatic hydroxyl groups excluding tert-OH is 2. The van der Waals surface area contributed by atoms with E-state index >= 15 is 0 Å². The summed E-state index contributed by atoms with van der Waals surface area (Å²) in [5.74, 6) is -0.364. The number of aliphatic hydroxyl groups is 2. The minimum atomic E-state index is -3.75. The fraction of sp³-hybridized carbons (Fsp3) is 0.303. The molecule has 250 valence electrons. The molecule has 5 N–H and O–H groups in total. The number of rotatable bonds is 16. The molecular formula is C33H39N5O8S. The number of aromatic nitrogens is 1. The van der Waals surface area contributed by atoms with Gasteiger partial charge in [-0.25, -0.2) is 13.4 Å². The largest absolute Gasteiger partial charge is 0.497 e. The first-order valence-corrected chi connectivity index (χ1v) is 16.6. The quantitative estimate of drug-likeness (QED) is 0.119. The predicted molar refractivity (Wildman–Crippen MR) is 175 cm³/mol. The molecule has 0 aliphatic heterocycles. The van der Waals surface area contributed by atoms with Crippen molar-refractivity contribution in [2.24, 2.45) is 0 Å². The van der Waals surface area contributed by atoms with Crippen LogP contribution >= 0.6 is 0 Å². The molecule has 0 aliphatic carbocycles. The molecule has 14 heteroatoms. The van der Waals surface area contributed by atoms with E-state index in [1.165, 1.54) is 31.5 Å². The maximum atomic E-state index is 13.7. The molecule has 0 spiro atoms. The van der Waals surface area contributed by atoms with Gasteiger partial charge >= 0.3 is 0 Å². The van der Waals surface area contributed by atoms with E-state index in [4.69, 9.17) is 9.15 Å². The third-order valence-corrected chi connectivity index (χ3v) is 8.57. The third kappa shape index (κ3) is 10.1. The molecule has 2 atom stereocenters. The topological polar surface area (TPSA) is 183 Å². The molecule has 1 aromatic heterocycles. The van der Waals surface area contributed by atoms with E-state index in [-0.39, 0.29) is 42.4 Å². The van der Waals surface area contributed by atoms with Crippen molar-refractivity contribution < 1.29 is 37.4 Å². The molecule has 2 unspecified atom stereocenters. The van der Waals surface area contributed by atoms with E-state index in [1.807, 2.05) is 54.6 Å². The van der Waals surface area contributed by atoms with Crippen LogP contribution in [-0.4, -0.2) is 74.5 Å². The molecule has 0 fully saturated rings. The van der Waals surface area contributed by atoms with Crippen LogP contribution in [0.25, 0.3) is 0 Å². The Hall–Kier alpha value is -4.76. The van der Waals surface area contributed by atoms with Gasteiger partial charge in [-0.3, -0.25) is 13.9 Å². The highest BCUT2D eigenvalue weighted by atomic mass is 32.2. The van der Waals surface area contributed by atoms with Crippen LogP contribution in [0.4, 0.5) is 5.69 Å². The lowest BCUT2D eigenvalue weighted by molar-refractivity contribution is 0.0830. The number of nitrogens with one attached hydrogen (secondary N) is 3. The molecule has 0 aliphatic rings. The summed E-state index contributed by atoms with van der Waals surface area (Å²) < 4.78 is 36.2. The van der Waals surface area contributed by atoms with Crippen molar-refractivity contribution in [1.29, 1.82) is 0 Å². The molecule has 0 saturated carbocycles. The number of carbonyl (C=O) groups excluding carboxylic acids is 2. The number of hydrogen-bond acceptors (Lipinski definition) is 10. The number of methoxy groups -OCH3 is 1. The van der Waals surface area contributed by atoms with Crippen LogP contribution in [0, 0.1) is 0 Å². The first kappa shape index (κ1) is 35.1. The average Bonchev–Trinajstić information content (AvgIpc) is 3.54. The average molecular weight is 666 g/mol. The van der Waals surface area contributed by atoms with Gasteiger partial charge in [0.05, 0.1) is 44.4 Å². The van der Waals surface area contributed by atoms with E-state index in [0.717, 1.165) is 21.7 Å². The maximum Gasteiger partial charge on any atom is 0.251 e. The lowest BCUT2D eigenvalue weighted by Gasteiger charge is -2.25. The molecule has 3 aromatic carbocycles. The minimum Gasteiger partial charge on any atom is -0.497 e. The highest BCUT2D eigenvalue weighted by molar-refractivity contribution is 7.92. The Labute approximate surface area is 273 Å². The van der Waals surface area contributed by atoms with Crippen molar-refractivity contribution in [3.63, 3.8) is 0 Å². The molecule has 0 radical (unpaired) electrons. The summed E-state index contributed by atoms with van der Waals surface area (Å²) in [6.45, 7) is 0.167. The minimum absolute atomic E-state index is 0.0106. The zero-order chi connectivity index (χ0) is 34.0. The Morgan fingerprint density at radius 1 is 0.979 bits per heavy atom. The Morgan fingerprint density at radius 3 is 2.34 bits per heavy atom. The SMILES string of the molecule is COc1cccc(CNCC(O)C(Cc2ccccc2)NC(=O)c2cc(C(=O)NCc3nc(CO)co3)cc(N(C)S(C)(=O)=O)c2)c1. The number of sulfonamides is 1. The van der Waals surface area contributed by atoms with Gasteiger partial charge in [-0.1, -0.05) is 42.5 Å². The van der Waals surface area contributed by atoms with Gasteiger partial charge in [-0.2, -0.15) is 0 Å². The van der Waals surface area contributed by atoms with E-state index < -0.39 is 34.0 Å². The molecule has 1 heterocycles. The zero-order valence-corrected chi connectivity index (χ0v) is 27.2. The van der Waals surface area contributed by atoms with Crippen molar-refractivity contribution in [2.75, 3.05) is 31.3 Å². The predicted octanol–water partition coefficient (Wildman–Crippen LogP) is 1.99. The van der Waals surface area contributed by atoms with Gasteiger partial charge in [0.15, 0.2) is 0 Å². The molecule has 0 bridgehead atoms. The second-order valence-corrected chi connectivity index (χ2v) is 12.9. The molecule has 0 saturated heterocycles. The molecule has 2 amide bonds. The Balaban J connectivity index is 1.55. The first-order valence-electron chi connectivity index (χ1n) is 14.7. The summed E-state index contributed by atoms with van der Waals surface area (Å²) in [4.78, 5) is 30.9. The Bertz CT molecular complexity index is 1760. The highest BCUT2D eigenvalue weighted by Gasteiger charge is 2.25. The van der Waals surface area contributed by atoms with Crippen molar-refractivity contribution in [2.45, 2.75) is 38.3 Å². The van der Waals surface area contributed by atoms with Crippen molar-refractivity contribution in [3.8, 4) is 5.75 Å². The van der Waals surface area contributed by atoms with Crippen LogP contribution in [0.5, 0.6) is 5.75 Å². The Kier molecular flexibility index (Phi) is 12.1. The van der Waals surface area contributed by atoms with Gasteiger partial charge in [-0.15, -0.1) is 0 Å². The van der Waals surface area contributed by atoms with Gasteiger partial charge in [0, 0.05) is 31.3 Å². The fourth-order valence-corrected chi connectivity index (χ4v) is 5.19. The standard InChI is InChI=1S/C33H39N5O8S/c1-38(47(3,43)44)27-15-24(32(41)35-19-31-36-26(20-39)21-46-31)14-25(16-27)33(42)37-29(13-22-8-5-4-6-9-22)30(40)18-34-17-23-10-7-11-28(12-23)45-2/h4-12,14-16,21,29-30,34,39-40H,13,17-20H2,1-3H3,(H,35,41)(H,37,42). The number of oxazole rings is 1. The van der Waals surface area contributed by atoms with Gasteiger partial charge in [0.2, 0.25) is 15.9 Å². The summed E-state index contributed by atoms with van der Waals surface area (Å²) in [6.07, 6.45) is 1.56. The first-order chi connectivity index (χ1) is 22.5.